The molecule has 2 rings (SSSR count). The van der Waals surface area contributed by atoms with E-state index in [1.165, 1.54) is 0 Å². The van der Waals surface area contributed by atoms with Crippen LogP contribution in [0.5, 0.6) is 0 Å². The monoisotopic (exact) mass is 279 g/mol. The van der Waals surface area contributed by atoms with Crippen LogP contribution >= 0.6 is 11.6 Å². The van der Waals surface area contributed by atoms with Crippen LogP contribution < -0.4 is 4.90 Å². The van der Waals surface area contributed by atoms with Crippen LogP contribution in [0.25, 0.3) is 5.57 Å². The molecule has 0 spiro atoms. The number of aliphatic carboxylic acids is 1. The average molecular weight is 280 g/mol. The van der Waals surface area contributed by atoms with Crippen molar-refractivity contribution in [1.82, 2.24) is 0 Å². The number of halogens is 1. The maximum Gasteiger partial charge on any atom is 0.329 e. The number of nitrogens with zero attached hydrogens (tertiary/aromatic N) is 1. The number of carbonyl (C=O) groups is 2. The van der Waals surface area contributed by atoms with Gasteiger partial charge in [-0.05, 0) is 12.0 Å². The van der Waals surface area contributed by atoms with Crippen LogP contribution in [0.1, 0.15) is 19.4 Å². The molecular weight excluding hydrogens is 266 g/mol. The van der Waals surface area contributed by atoms with Crippen LogP contribution in [0, 0.1) is 5.92 Å². The topological polar surface area (TPSA) is 57.6 Å². The summed E-state index contributed by atoms with van der Waals surface area (Å²) < 4.78 is 0. The van der Waals surface area contributed by atoms with Crippen molar-refractivity contribution in [3.05, 3.63) is 34.9 Å². The summed E-state index contributed by atoms with van der Waals surface area (Å²) in [6.07, 6.45) is 0.942. The Labute approximate surface area is 116 Å². The Bertz CT molecular complexity index is 578. The van der Waals surface area contributed by atoms with Gasteiger partial charge in [0.05, 0.1) is 16.3 Å². The molecule has 5 heteroatoms. The van der Waals surface area contributed by atoms with E-state index in [0.29, 0.717) is 22.8 Å². The Balaban J connectivity index is 2.59. The maximum atomic E-state index is 12.3. The molecule has 0 saturated heterocycles. The van der Waals surface area contributed by atoms with Gasteiger partial charge < -0.3 is 10.0 Å². The van der Waals surface area contributed by atoms with E-state index in [2.05, 4.69) is 0 Å². The summed E-state index contributed by atoms with van der Waals surface area (Å²) in [7, 11) is 0. The van der Waals surface area contributed by atoms with Crippen molar-refractivity contribution >= 4 is 34.7 Å². The van der Waals surface area contributed by atoms with Gasteiger partial charge in [0, 0.05) is 18.2 Å². The predicted molar refractivity (Wildman–Crippen MR) is 74.3 cm³/mol. The number of benzene rings is 1. The summed E-state index contributed by atoms with van der Waals surface area (Å²) in [5, 5.41) is 9.33. The lowest BCUT2D eigenvalue weighted by atomic mass is 10.1. The van der Waals surface area contributed by atoms with Gasteiger partial charge in [-0.3, -0.25) is 4.79 Å². The summed E-state index contributed by atoms with van der Waals surface area (Å²) in [6.45, 7) is 4.48. The van der Waals surface area contributed by atoms with Crippen LogP contribution in [0.15, 0.2) is 24.3 Å². The normalized spacial score (nSPS) is 16.3. The number of hydrogen-bond acceptors (Lipinski definition) is 2. The zero-order valence-electron chi connectivity index (χ0n) is 10.7. The lowest BCUT2D eigenvalue weighted by Gasteiger charge is -2.20. The fraction of sp³-hybridized carbons (Fsp3) is 0.286. The van der Waals surface area contributed by atoms with Crippen LogP contribution in [-0.2, 0) is 9.59 Å². The zero-order chi connectivity index (χ0) is 14.2. The minimum absolute atomic E-state index is 0.186. The number of anilines is 1. The number of carboxylic acid groups (broad SMARTS) is 1. The van der Waals surface area contributed by atoms with Crippen molar-refractivity contribution in [2.45, 2.75) is 13.8 Å². The molecule has 1 aliphatic heterocycles. The predicted octanol–water partition coefficient (Wildman–Crippen LogP) is 2.81. The van der Waals surface area contributed by atoms with E-state index < -0.39 is 5.97 Å². The molecule has 1 heterocycles. The van der Waals surface area contributed by atoms with Crippen molar-refractivity contribution in [3.8, 4) is 0 Å². The van der Waals surface area contributed by atoms with Gasteiger partial charge in [0.25, 0.3) is 5.91 Å². The highest BCUT2D eigenvalue weighted by Crippen LogP contribution is 2.41. The molecule has 1 aromatic rings. The first kappa shape index (κ1) is 13.6. The van der Waals surface area contributed by atoms with Crippen molar-refractivity contribution in [2.75, 3.05) is 11.4 Å². The molecular formula is C14H14ClNO3. The smallest absolute Gasteiger partial charge is 0.329 e. The molecule has 1 N–H and O–H groups in total. The quantitative estimate of drug-likeness (QED) is 0.866. The molecule has 0 fully saturated rings. The molecule has 0 bridgehead atoms. The number of carbonyl (C=O) groups excluding carboxylic acids is 1. The highest BCUT2D eigenvalue weighted by Gasteiger charge is 2.34. The van der Waals surface area contributed by atoms with E-state index in [1.807, 2.05) is 13.8 Å². The number of hydrogen-bond donors (Lipinski definition) is 1. The summed E-state index contributed by atoms with van der Waals surface area (Å²) in [5.74, 6) is -1.18. The first-order valence-corrected chi connectivity index (χ1v) is 6.35. The van der Waals surface area contributed by atoms with E-state index in [4.69, 9.17) is 16.7 Å². The number of rotatable bonds is 3. The highest BCUT2D eigenvalue weighted by atomic mass is 35.5. The average Bonchev–Trinajstić information content (AvgIpc) is 2.55. The zero-order valence-corrected chi connectivity index (χ0v) is 11.4. The molecule has 0 aliphatic carbocycles. The van der Waals surface area contributed by atoms with Gasteiger partial charge >= 0.3 is 5.97 Å². The van der Waals surface area contributed by atoms with E-state index in [1.54, 1.807) is 23.1 Å². The summed E-state index contributed by atoms with van der Waals surface area (Å²) >= 11 is 6.15. The van der Waals surface area contributed by atoms with Crippen LogP contribution in [0.3, 0.4) is 0 Å². The minimum atomic E-state index is -1.14. The third-order valence-corrected chi connectivity index (χ3v) is 3.14. The van der Waals surface area contributed by atoms with Crippen molar-refractivity contribution in [1.29, 1.82) is 0 Å². The summed E-state index contributed by atoms with van der Waals surface area (Å²) in [4.78, 5) is 24.7. The molecule has 19 heavy (non-hydrogen) atoms. The number of fused-ring (bicyclic) bond motifs is 1. The molecule has 100 valence electrons. The van der Waals surface area contributed by atoms with Gasteiger partial charge in [-0.15, -0.1) is 0 Å². The van der Waals surface area contributed by atoms with E-state index in [-0.39, 0.29) is 17.4 Å². The molecule has 0 aromatic heterocycles. The number of amides is 1. The Hall–Kier alpha value is -1.81. The Morgan fingerprint density at radius 3 is 2.74 bits per heavy atom. The second kappa shape index (κ2) is 5.05. The third-order valence-electron chi connectivity index (χ3n) is 2.84. The molecule has 4 nitrogen and oxygen atoms in total. The fourth-order valence-corrected chi connectivity index (χ4v) is 2.45. The lowest BCUT2D eigenvalue weighted by Crippen LogP contribution is -2.30. The third kappa shape index (κ3) is 2.49. The maximum absolute atomic E-state index is 12.3. The van der Waals surface area contributed by atoms with Crippen LogP contribution in [-0.4, -0.2) is 23.5 Å². The Kier molecular flexibility index (Phi) is 3.62. The first-order valence-electron chi connectivity index (χ1n) is 5.97. The van der Waals surface area contributed by atoms with Gasteiger partial charge in [0.1, 0.15) is 0 Å². The van der Waals surface area contributed by atoms with Crippen LogP contribution in [0.4, 0.5) is 5.69 Å². The van der Waals surface area contributed by atoms with Gasteiger partial charge in [-0.2, -0.15) is 0 Å². The van der Waals surface area contributed by atoms with E-state index >= 15 is 0 Å². The van der Waals surface area contributed by atoms with Crippen LogP contribution in [0.2, 0.25) is 5.02 Å². The fourth-order valence-electron chi connectivity index (χ4n) is 2.17. The second-order valence-corrected chi connectivity index (χ2v) is 5.25. The van der Waals surface area contributed by atoms with Gasteiger partial charge in [0.15, 0.2) is 0 Å². The largest absolute Gasteiger partial charge is 0.478 e. The molecule has 0 unspecified atom stereocenters. The number of carboxylic acids is 1. The Morgan fingerprint density at radius 2 is 2.16 bits per heavy atom. The SMILES string of the molecule is CC(C)CN1C(=O)/C(=C/C(=O)O)c2cccc(Cl)c21. The molecule has 0 saturated carbocycles. The van der Waals surface area contributed by atoms with Gasteiger partial charge in [-0.1, -0.05) is 37.6 Å². The van der Waals surface area contributed by atoms with Crippen molar-refractivity contribution in [2.24, 2.45) is 5.92 Å². The molecule has 1 aliphatic rings. The second-order valence-electron chi connectivity index (χ2n) is 4.84. The highest BCUT2D eigenvalue weighted by molar-refractivity contribution is 6.41. The van der Waals surface area contributed by atoms with E-state index in [9.17, 15) is 9.59 Å². The van der Waals surface area contributed by atoms with Crippen molar-refractivity contribution in [3.63, 3.8) is 0 Å². The molecule has 0 radical (unpaired) electrons. The standard InChI is InChI=1S/C14H14ClNO3/c1-8(2)7-16-13-9(4-3-5-11(13)15)10(14(16)19)6-12(17)18/h3-6,8H,7H2,1-2H3,(H,17,18)/b10-6+. The molecule has 1 aromatic carbocycles. The van der Waals surface area contributed by atoms with Crippen molar-refractivity contribution < 1.29 is 14.7 Å². The molecule has 0 atom stereocenters. The number of para-hydroxylation sites is 1. The molecule has 1 amide bonds. The summed E-state index contributed by atoms with van der Waals surface area (Å²) in [6, 6.07) is 5.13. The van der Waals surface area contributed by atoms with Gasteiger partial charge in [0.2, 0.25) is 0 Å². The minimum Gasteiger partial charge on any atom is -0.478 e. The van der Waals surface area contributed by atoms with Gasteiger partial charge in [-0.25, -0.2) is 4.79 Å². The lowest BCUT2D eigenvalue weighted by molar-refractivity contribution is -0.131. The van der Waals surface area contributed by atoms with E-state index in [0.717, 1.165) is 6.08 Å². The Morgan fingerprint density at radius 1 is 1.47 bits per heavy atom. The summed E-state index contributed by atoms with van der Waals surface area (Å²) in [5.41, 5.74) is 1.38. The first-order chi connectivity index (χ1) is 8.91.